The molecule has 0 fully saturated rings. The van der Waals surface area contributed by atoms with Gasteiger partial charge in [-0.25, -0.2) is 4.68 Å². The first-order valence-corrected chi connectivity index (χ1v) is 10.1. The highest BCUT2D eigenvalue weighted by molar-refractivity contribution is 5.99. The average molecular weight is 411 g/mol. The number of aromatic nitrogens is 2. The highest BCUT2D eigenvalue weighted by atomic mass is 16.5. The van der Waals surface area contributed by atoms with E-state index in [-0.39, 0.29) is 17.2 Å². The third kappa shape index (κ3) is 3.04. The van der Waals surface area contributed by atoms with Crippen LogP contribution in [0.5, 0.6) is 11.5 Å². The van der Waals surface area contributed by atoms with Gasteiger partial charge >= 0.3 is 0 Å². The van der Waals surface area contributed by atoms with E-state index in [1.165, 1.54) is 0 Å². The van der Waals surface area contributed by atoms with Crippen LogP contribution in [0.1, 0.15) is 22.7 Å². The predicted molar refractivity (Wildman–Crippen MR) is 119 cm³/mol. The number of ether oxygens (including phenoxy) is 1. The van der Waals surface area contributed by atoms with Gasteiger partial charge in [0.1, 0.15) is 17.2 Å². The lowest BCUT2D eigenvalue weighted by Gasteiger charge is -2.27. The minimum absolute atomic E-state index is 0.269. The summed E-state index contributed by atoms with van der Waals surface area (Å²) < 4.78 is 9.29. The Hall–Kier alpha value is -4.06. The van der Waals surface area contributed by atoms with Crippen molar-refractivity contribution in [2.75, 3.05) is 5.32 Å². The van der Waals surface area contributed by atoms with Crippen LogP contribution in [-0.2, 0) is 11.8 Å². The first-order valence-electron chi connectivity index (χ1n) is 10.1. The SMILES string of the molecule is Cc1c(NC(=O)C2c3ccccc3Oc3ccccc32)c(=O)n(-c2ccccc2)n1C. The van der Waals surface area contributed by atoms with Gasteiger partial charge in [0.25, 0.3) is 5.56 Å². The molecule has 0 atom stereocenters. The molecule has 0 aliphatic carbocycles. The molecule has 2 heterocycles. The van der Waals surface area contributed by atoms with Gasteiger partial charge in [0, 0.05) is 18.2 Å². The molecule has 0 bridgehead atoms. The highest BCUT2D eigenvalue weighted by Gasteiger charge is 2.33. The van der Waals surface area contributed by atoms with E-state index >= 15 is 0 Å². The second kappa shape index (κ2) is 7.32. The summed E-state index contributed by atoms with van der Waals surface area (Å²) in [4.78, 5) is 26.8. The van der Waals surface area contributed by atoms with Gasteiger partial charge in [-0.05, 0) is 31.2 Å². The Bertz CT molecular complexity index is 1310. The molecule has 0 radical (unpaired) electrons. The van der Waals surface area contributed by atoms with E-state index in [4.69, 9.17) is 4.74 Å². The lowest BCUT2D eigenvalue weighted by molar-refractivity contribution is -0.116. The lowest BCUT2D eigenvalue weighted by Crippen LogP contribution is -2.28. The van der Waals surface area contributed by atoms with Crippen molar-refractivity contribution in [3.8, 4) is 17.2 Å². The quantitative estimate of drug-likeness (QED) is 0.545. The van der Waals surface area contributed by atoms with E-state index in [9.17, 15) is 9.59 Å². The molecule has 5 rings (SSSR count). The maximum absolute atomic E-state index is 13.5. The lowest BCUT2D eigenvalue weighted by atomic mass is 9.87. The maximum Gasteiger partial charge on any atom is 0.295 e. The zero-order chi connectivity index (χ0) is 21.5. The van der Waals surface area contributed by atoms with E-state index in [2.05, 4.69) is 5.32 Å². The molecule has 6 nitrogen and oxygen atoms in total. The largest absolute Gasteiger partial charge is 0.457 e. The Balaban J connectivity index is 1.58. The molecule has 31 heavy (non-hydrogen) atoms. The monoisotopic (exact) mass is 411 g/mol. The van der Waals surface area contributed by atoms with Crippen LogP contribution in [-0.4, -0.2) is 15.3 Å². The summed E-state index contributed by atoms with van der Waals surface area (Å²) in [6.45, 7) is 1.82. The number of anilines is 1. The van der Waals surface area contributed by atoms with Gasteiger partial charge in [0.2, 0.25) is 5.91 Å². The third-order valence-corrected chi connectivity index (χ3v) is 5.74. The van der Waals surface area contributed by atoms with Crippen molar-refractivity contribution in [3.05, 3.63) is 106 Å². The number of amides is 1. The number of fused-ring (bicyclic) bond motifs is 2. The number of rotatable bonds is 3. The summed E-state index contributed by atoms with van der Waals surface area (Å²) in [5.41, 5.74) is 2.97. The average Bonchev–Trinajstić information content (AvgIpc) is 3.01. The van der Waals surface area contributed by atoms with E-state index in [1.807, 2.05) is 85.8 Å². The number of benzene rings is 3. The number of carbonyl (C=O) groups excluding carboxylic acids is 1. The van der Waals surface area contributed by atoms with Crippen LogP contribution in [0.4, 0.5) is 5.69 Å². The Kier molecular flexibility index (Phi) is 4.47. The Morgan fingerprint density at radius 3 is 2.03 bits per heavy atom. The molecular formula is C25H21N3O3. The van der Waals surface area contributed by atoms with Gasteiger partial charge < -0.3 is 10.1 Å². The molecule has 1 aromatic heterocycles. The molecule has 4 aromatic rings. The molecule has 1 aliphatic rings. The standard InChI is InChI=1S/C25H21N3O3/c1-16-23(25(30)28(27(16)2)17-10-4-3-5-11-17)26-24(29)22-18-12-6-8-14-20(18)31-21-15-9-7-13-19(21)22/h3-15,22H,1-2H3,(H,26,29). The van der Waals surface area contributed by atoms with E-state index in [0.717, 1.165) is 16.8 Å². The molecule has 0 saturated carbocycles. The first kappa shape index (κ1) is 18.9. The second-order valence-electron chi connectivity index (χ2n) is 7.54. The molecule has 154 valence electrons. The van der Waals surface area contributed by atoms with Gasteiger partial charge in [0.15, 0.2) is 0 Å². The molecule has 1 aliphatic heterocycles. The number of hydrogen-bond acceptors (Lipinski definition) is 3. The van der Waals surface area contributed by atoms with Crippen molar-refractivity contribution in [1.29, 1.82) is 0 Å². The zero-order valence-corrected chi connectivity index (χ0v) is 17.2. The normalized spacial score (nSPS) is 12.6. The number of para-hydroxylation sites is 3. The van der Waals surface area contributed by atoms with Gasteiger partial charge in [-0.2, -0.15) is 0 Å². The van der Waals surface area contributed by atoms with Crippen LogP contribution in [0.25, 0.3) is 5.69 Å². The summed E-state index contributed by atoms with van der Waals surface area (Å²) in [6.07, 6.45) is 0. The predicted octanol–water partition coefficient (Wildman–Crippen LogP) is 4.36. The molecular weight excluding hydrogens is 390 g/mol. The minimum Gasteiger partial charge on any atom is -0.457 e. The van der Waals surface area contributed by atoms with Gasteiger partial charge in [0.05, 0.1) is 17.3 Å². The smallest absolute Gasteiger partial charge is 0.295 e. The molecule has 0 spiro atoms. The van der Waals surface area contributed by atoms with Gasteiger partial charge in [-0.1, -0.05) is 54.6 Å². The van der Waals surface area contributed by atoms with Gasteiger partial charge in [-0.15, -0.1) is 0 Å². The zero-order valence-electron chi connectivity index (χ0n) is 17.2. The minimum atomic E-state index is -0.578. The van der Waals surface area contributed by atoms with E-state index < -0.39 is 5.92 Å². The van der Waals surface area contributed by atoms with Crippen LogP contribution in [0.3, 0.4) is 0 Å². The second-order valence-corrected chi connectivity index (χ2v) is 7.54. The fraction of sp³-hybridized carbons (Fsp3) is 0.120. The summed E-state index contributed by atoms with van der Waals surface area (Å²) in [6, 6.07) is 24.3. The summed E-state index contributed by atoms with van der Waals surface area (Å²) >= 11 is 0. The highest BCUT2D eigenvalue weighted by Crippen LogP contribution is 2.44. The fourth-order valence-corrected chi connectivity index (χ4v) is 4.10. The van der Waals surface area contributed by atoms with Crippen LogP contribution in [0.15, 0.2) is 83.7 Å². The molecule has 0 saturated heterocycles. The van der Waals surface area contributed by atoms with Crippen molar-refractivity contribution in [2.45, 2.75) is 12.8 Å². The molecule has 1 N–H and O–H groups in total. The molecule has 6 heteroatoms. The maximum atomic E-state index is 13.5. The third-order valence-electron chi connectivity index (χ3n) is 5.74. The molecule has 3 aromatic carbocycles. The van der Waals surface area contributed by atoms with Crippen LogP contribution in [0.2, 0.25) is 0 Å². The Morgan fingerprint density at radius 1 is 0.871 bits per heavy atom. The van der Waals surface area contributed by atoms with Gasteiger partial charge in [-0.3, -0.25) is 14.3 Å². The van der Waals surface area contributed by atoms with Crippen LogP contribution >= 0.6 is 0 Å². The number of nitrogens with one attached hydrogen (secondary N) is 1. The number of hydrogen-bond donors (Lipinski definition) is 1. The summed E-state index contributed by atoms with van der Waals surface area (Å²) in [7, 11) is 1.80. The number of carbonyl (C=O) groups is 1. The first-order chi connectivity index (χ1) is 15.1. The topological polar surface area (TPSA) is 65.3 Å². The summed E-state index contributed by atoms with van der Waals surface area (Å²) in [5.74, 6) is 0.445. The van der Waals surface area contributed by atoms with Crippen molar-refractivity contribution in [2.24, 2.45) is 7.05 Å². The van der Waals surface area contributed by atoms with Crippen molar-refractivity contribution < 1.29 is 9.53 Å². The molecule has 0 unspecified atom stereocenters. The van der Waals surface area contributed by atoms with Crippen molar-refractivity contribution >= 4 is 11.6 Å². The van der Waals surface area contributed by atoms with E-state index in [0.29, 0.717) is 17.2 Å². The van der Waals surface area contributed by atoms with Crippen LogP contribution < -0.4 is 15.6 Å². The van der Waals surface area contributed by atoms with Crippen molar-refractivity contribution in [3.63, 3.8) is 0 Å². The number of nitrogens with zero attached hydrogens (tertiary/aromatic N) is 2. The Morgan fingerprint density at radius 2 is 1.42 bits per heavy atom. The molecule has 1 amide bonds. The van der Waals surface area contributed by atoms with Crippen LogP contribution in [0, 0.1) is 6.92 Å². The Labute approximate surface area is 179 Å². The van der Waals surface area contributed by atoms with E-state index in [1.54, 1.807) is 16.4 Å². The van der Waals surface area contributed by atoms with Crippen molar-refractivity contribution in [1.82, 2.24) is 9.36 Å². The summed E-state index contributed by atoms with van der Waals surface area (Å²) in [5, 5.41) is 2.91. The fourth-order valence-electron chi connectivity index (χ4n) is 4.10.